The number of nitrogens with one attached hydrogen (secondary N) is 1. The fourth-order valence-corrected chi connectivity index (χ4v) is 2.17. The van der Waals surface area contributed by atoms with Crippen LogP contribution in [0.4, 0.5) is 11.4 Å². The summed E-state index contributed by atoms with van der Waals surface area (Å²) >= 11 is 0. The van der Waals surface area contributed by atoms with Crippen LogP contribution in [0.3, 0.4) is 0 Å². The number of para-hydroxylation sites is 1. The zero-order valence-electron chi connectivity index (χ0n) is 12.6. The van der Waals surface area contributed by atoms with Crippen LogP contribution in [0.1, 0.15) is 5.56 Å². The SMILES string of the molecule is Cc1cccc(NC(=O)Cn2nnc(-c3ccccc3N)n2)c1. The van der Waals surface area contributed by atoms with Crippen LogP contribution in [0, 0.1) is 6.92 Å². The number of aryl methyl sites for hydroxylation is 1. The van der Waals surface area contributed by atoms with Gasteiger partial charge in [0.05, 0.1) is 0 Å². The first-order chi connectivity index (χ1) is 11.1. The molecule has 116 valence electrons. The third kappa shape index (κ3) is 3.52. The normalized spacial score (nSPS) is 10.5. The van der Waals surface area contributed by atoms with E-state index >= 15 is 0 Å². The van der Waals surface area contributed by atoms with Crippen molar-refractivity contribution in [2.75, 3.05) is 11.1 Å². The zero-order valence-corrected chi connectivity index (χ0v) is 12.6. The molecule has 1 amide bonds. The lowest BCUT2D eigenvalue weighted by molar-refractivity contribution is -0.117. The molecule has 0 aliphatic heterocycles. The lowest BCUT2D eigenvalue weighted by Crippen LogP contribution is -2.20. The predicted molar refractivity (Wildman–Crippen MR) is 87.5 cm³/mol. The van der Waals surface area contributed by atoms with Gasteiger partial charge in [-0.3, -0.25) is 4.79 Å². The number of amides is 1. The molecule has 1 heterocycles. The number of aromatic nitrogens is 4. The number of benzene rings is 2. The first kappa shape index (κ1) is 14.7. The fraction of sp³-hybridized carbons (Fsp3) is 0.125. The maximum atomic E-state index is 12.0. The highest BCUT2D eigenvalue weighted by atomic mass is 16.2. The van der Waals surface area contributed by atoms with Crippen LogP contribution in [0.2, 0.25) is 0 Å². The molecule has 3 aromatic rings. The van der Waals surface area contributed by atoms with Gasteiger partial charge in [0.25, 0.3) is 0 Å². The smallest absolute Gasteiger partial charge is 0.248 e. The molecule has 0 saturated heterocycles. The number of hydrogen-bond donors (Lipinski definition) is 2. The van der Waals surface area contributed by atoms with Gasteiger partial charge in [0.15, 0.2) is 0 Å². The molecule has 1 aromatic heterocycles. The van der Waals surface area contributed by atoms with Gasteiger partial charge >= 0.3 is 0 Å². The standard InChI is InChI=1S/C16H16N6O/c1-11-5-4-6-12(9-11)18-15(23)10-22-20-16(19-21-22)13-7-2-3-8-14(13)17/h2-9H,10,17H2,1H3,(H,18,23). The molecular formula is C16H16N6O. The van der Waals surface area contributed by atoms with Crippen molar-refractivity contribution in [1.82, 2.24) is 20.2 Å². The van der Waals surface area contributed by atoms with Gasteiger partial charge in [-0.2, -0.15) is 4.80 Å². The van der Waals surface area contributed by atoms with E-state index in [1.54, 1.807) is 6.07 Å². The number of carbonyl (C=O) groups excluding carboxylic acids is 1. The van der Waals surface area contributed by atoms with Crippen LogP contribution >= 0.6 is 0 Å². The van der Waals surface area contributed by atoms with Crippen molar-refractivity contribution >= 4 is 17.3 Å². The van der Waals surface area contributed by atoms with E-state index in [0.717, 1.165) is 11.3 Å². The first-order valence-corrected chi connectivity index (χ1v) is 7.11. The summed E-state index contributed by atoms with van der Waals surface area (Å²) in [5.41, 5.74) is 8.95. The van der Waals surface area contributed by atoms with Gasteiger partial charge in [-0.15, -0.1) is 10.2 Å². The monoisotopic (exact) mass is 308 g/mol. The summed E-state index contributed by atoms with van der Waals surface area (Å²) in [6.07, 6.45) is 0. The second kappa shape index (κ2) is 6.27. The number of nitrogens with two attached hydrogens (primary N) is 1. The minimum absolute atomic E-state index is 0.0202. The minimum Gasteiger partial charge on any atom is -0.398 e. The van der Waals surface area contributed by atoms with Crippen LogP contribution in [-0.4, -0.2) is 26.1 Å². The van der Waals surface area contributed by atoms with Gasteiger partial charge in [-0.05, 0) is 42.0 Å². The van der Waals surface area contributed by atoms with Crippen LogP contribution in [-0.2, 0) is 11.3 Å². The summed E-state index contributed by atoms with van der Waals surface area (Å²) < 4.78 is 0. The highest BCUT2D eigenvalue weighted by Gasteiger charge is 2.11. The van der Waals surface area contributed by atoms with Crippen molar-refractivity contribution in [3.05, 3.63) is 54.1 Å². The van der Waals surface area contributed by atoms with E-state index < -0.39 is 0 Å². The van der Waals surface area contributed by atoms with E-state index in [2.05, 4.69) is 20.7 Å². The Morgan fingerprint density at radius 3 is 2.83 bits per heavy atom. The Balaban J connectivity index is 1.69. The Kier molecular flexibility index (Phi) is 4.01. The van der Waals surface area contributed by atoms with Crippen LogP contribution in [0.15, 0.2) is 48.5 Å². The molecule has 7 nitrogen and oxygen atoms in total. The van der Waals surface area contributed by atoms with Crippen molar-refractivity contribution in [3.8, 4) is 11.4 Å². The van der Waals surface area contributed by atoms with Gasteiger partial charge in [-0.1, -0.05) is 24.3 Å². The maximum Gasteiger partial charge on any atom is 0.248 e. The maximum absolute atomic E-state index is 12.0. The van der Waals surface area contributed by atoms with Crippen LogP contribution < -0.4 is 11.1 Å². The highest BCUT2D eigenvalue weighted by Crippen LogP contribution is 2.20. The molecule has 7 heteroatoms. The van der Waals surface area contributed by atoms with Crippen LogP contribution in [0.25, 0.3) is 11.4 Å². The summed E-state index contributed by atoms with van der Waals surface area (Å²) in [6.45, 7) is 1.94. The lowest BCUT2D eigenvalue weighted by atomic mass is 10.2. The lowest BCUT2D eigenvalue weighted by Gasteiger charge is -2.05. The second-order valence-corrected chi connectivity index (χ2v) is 5.15. The number of tetrazole rings is 1. The summed E-state index contributed by atoms with van der Waals surface area (Å²) in [5, 5.41) is 14.8. The molecule has 0 radical (unpaired) electrons. The topological polar surface area (TPSA) is 98.7 Å². The third-order valence-electron chi connectivity index (χ3n) is 3.24. The molecule has 3 N–H and O–H groups in total. The fourth-order valence-electron chi connectivity index (χ4n) is 2.17. The second-order valence-electron chi connectivity index (χ2n) is 5.15. The predicted octanol–water partition coefficient (Wildman–Crippen LogP) is 1.87. The average molecular weight is 308 g/mol. The van der Waals surface area contributed by atoms with Crippen molar-refractivity contribution in [1.29, 1.82) is 0 Å². The van der Waals surface area contributed by atoms with E-state index in [1.807, 2.05) is 49.4 Å². The Morgan fingerprint density at radius 2 is 2.04 bits per heavy atom. The Hall–Kier alpha value is -3.22. The number of nitrogen functional groups attached to an aromatic ring is 1. The Labute approximate surface area is 133 Å². The molecule has 0 aliphatic rings. The summed E-state index contributed by atoms with van der Waals surface area (Å²) in [6, 6.07) is 14.8. The number of anilines is 2. The van der Waals surface area contributed by atoms with Crippen molar-refractivity contribution < 1.29 is 4.79 Å². The molecular weight excluding hydrogens is 292 g/mol. The van der Waals surface area contributed by atoms with E-state index in [4.69, 9.17) is 5.73 Å². The van der Waals surface area contributed by atoms with Gasteiger partial charge in [0, 0.05) is 16.9 Å². The highest BCUT2D eigenvalue weighted by molar-refractivity contribution is 5.90. The molecule has 0 aliphatic carbocycles. The van der Waals surface area contributed by atoms with Gasteiger partial charge < -0.3 is 11.1 Å². The van der Waals surface area contributed by atoms with E-state index in [0.29, 0.717) is 17.1 Å². The molecule has 0 bridgehead atoms. The molecule has 0 atom stereocenters. The molecule has 0 saturated carbocycles. The molecule has 0 spiro atoms. The molecule has 23 heavy (non-hydrogen) atoms. The van der Waals surface area contributed by atoms with Gasteiger partial charge in [0.2, 0.25) is 11.7 Å². The number of carbonyl (C=O) groups is 1. The van der Waals surface area contributed by atoms with E-state index in [9.17, 15) is 4.79 Å². The van der Waals surface area contributed by atoms with Crippen molar-refractivity contribution in [2.45, 2.75) is 13.5 Å². The Morgan fingerprint density at radius 1 is 1.22 bits per heavy atom. The van der Waals surface area contributed by atoms with Crippen molar-refractivity contribution in [3.63, 3.8) is 0 Å². The van der Waals surface area contributed by atoms with Crippen LogP contribution in [0.5, 0.6) is 0 Å². The summed E-state index contributed by atoms with van der Waals surface area (Å²) in [5.74, 6) is 0.173. The average Bonchev–Trinajstić information content (AvgIpc) is 2.95. The number of hydrogen-bond acceptors (Lipinski definition) is 5. The first-order valence-electron chi connectivity index (χ1n) is 7.11. The quantitative estimate of drug-likeness (QED) is 0.717. The largest absolute Gasteiger partial charge is 0.398 e. The molecule has 2 aromatic carbocycles. The number of rotatable bonds is 4. The van der Waals surface area contributed by atoms with Gasteiger partial charge in [0.1, 0.15) is 6.54 Å². The third-order valence-corrected chi connectivity index (χ3v) is 3.24. The molecule has 0 fully saturated rings. The Bertz CT molecular complexity index is 842. The minimum atomic E-state index is -0.222. The van der Waals surface area contributed by atoms with E-state index in [-0.39, 0.29) is 12.5 Å². The molecule has 0 unspecified atom stereocenters. The molecule has 3 rings (SSSR count). The summed E-state index contributed by atoms with van der Waals surface area (Å²) in [4.78, 5) is 13.3. The summed E-state index contributed by atoms with van der Waals surface area (Å²) in [7, 11) is 0. The van der Waals surface area contributed by atoms with E-state index in [1.165, 1.54) is 4.80 Å². The van der Waals surface area contributed by atoms with Crippen molar-refractivity contribution in [2.24, 2.45) is 0 Å². The zero-order chi connectivity index (χ0) is 16.2. The number of nitrogens with zero attached hydrogens (tertiary/aromatic N) is 4. The van der Waals surface area contributed by atoms with Gasteiger partial charge in [-0.25, -0.2) is 0 Å².